The summed E-state index contributed by atoms with van der Waals surface area (Å²) in [4.78, 5) is 12.0. The van der Waals surface area contributed by atoms with Gasteiger partial charge in [0, 0.05) is 3.57 Å². The molecule has 0 radical (unpaired) electrons. The number of nitrogens with two attached hydrogens (primary N) is 1. The van der Waals surface area contributed by atoms with Gasteiger partial charge in [0.1, 0.15) is 5.82 Å². The minimum Gasteiger partial charge on any atom is -0.324 e. The number of carbonyl (C=O) groups is 1. The van der Waals surface area contributed by atoms with E-state index in [0.29, 0.717) is 15.7 Å². The van der Waals surface area contributed by atoms with E-state index >= 15 is 0 Å². The van der Waals surface area contributed by atoms with Crippen molar-refractivity contribution in [2.75, 3.05) is 5.32 Å². The van der Waals surface area contributed by atoms with Gasteiger partial charge in [-0.1, -0.05) is 30.3 Å². The molecule has 0 heterocycles. The Hall–Kier alpha value is -1.47. The summed E-state index contributed by atoms with van der Waals surface area (Å²) in [5.41, 5.74) is 7.64. The number of carbonyl (C=O) groups excluding carboxylic acids is 1. The number of aryl methyl sites for hydroxylation is 1. The summed E-state index contributed by atoms with van der Waals surface area (Å²) < 4.78 is 13.7. The standard InChI is InChI=1S/C16H16FIN2O/c17-12-7-9-15(13(18)10-12)20-16(21)14(19)8-6-11-4-2-1-3-5-11/h1-5,7,9-10,14H,6,8,19H2,(H,20,21). The summed E-state index contributed by atoms with van der Waals surface area (Å²) in [6.07, 6.45) is 1.31. The Kier molecular flexibility index (Phi) is 5.69. The fraction of sp³-hybridized carbons (Fsp3) is 0.188. The zero-order valence-electron chi connectivity index (χ0n) is 11.4. The van der Waals surface area contributed by atoms with Gasteiger partial charge in [-0.05, 0) is 59.2 Å². The maximum absolute atomic E-state index is 13.0. The maximum Gasteiger partial charge on any atom is 0.241 e. The van der Waals surface area contributed by atoms with Crippen molar-refractivity contribution >= 4 is 34.2 Å². The van der Waals surface area contributed by atoms with Crippen LogP contribution in [0, 0.1) is 9.39 Å². The summed E-state index contributed by atoms with van der Waals surface area (Å²) >= 11 is 1.98. The number of rotatable bonds is 5. The number of hydrogen-bond donors (Lipinski definition) is 2. The highest BCUT2D eigenvalue weighted by Crippen LogP contribution is 2.19. The van der Waals surface area contributed by atoms with E-state index in [0.717, 1.165) is 12.0 Å². The van der Waals surface area contributed by atoms with Crippen molar-refractivity contribution in [2.45, 2.75) is 18.9 Å². The Morgan fingerprint density at radius 3 is 2.62 bits per heavy atom. The van der Waals surface area contributed by atoms with Gasteiger partial charge in [0.05, 0.1) is 11.7 Å². The molecular formula is C16H16FIN2O. The number of nitrogens with one attached hydrogen (secondary N) is 1. The first-order valence-electron chi connectivity index (χ1n) is 6.61. The van der Waals surface area contributed by atoms with Crippen LogP contribution in [0.3, 0.4) is 0 Å². The second-order valence-electron chi connectivity index (χ2n) is 4.74. The molecule has 0 aromatic heterocycles. The van der Waals surface area contributed by atoms with Crippen molar-refractivity contribution in [3.63, 3.8) is 0 Å². The van der Waals surface area contributed by atoms with Crippen LogP contribution in [0.4, 0.5) is 10.1 Å². The van der Waals surface area contributed by atoms with Crippen LogP contribution in [-0.4, -0.2) is 11.9 Å². The van der Waals surface area contributed by atoms with Crippen molar-refractivity contribution < 1.29 is 9.18 Å². The number of amides is 1. The third-order valence-electron chi connectivity index (χ3n) is 3.11. The van der Waals surface area contributed by atoms with Crippen LogP contribution < -0.4 is 11.1 Å². The molecule has 1 amide bonds. The summed E-state index contributed by atoms with van der Waals surface area (Å²) in [5, 5.41) is 2.74. The van der Waals surface area contributed by atoms with Gasteiger partial charge < -0.3 is 11.1 Å². The molecule has 21 heavy (non-hydrogen) atoms. The Bertz CT molecular complexity index is 619. The lowest BCUT2D eigenvalue weighted by Gasteiger charge is -2.13. The van der Waals surface area contributed by atoms with E-state index in [9.17, 15) is 9.18 Å². The molecule has 0 spiro atoms. The van der Waals surface area contributed by atoms with Gasteiger partial charge in [0.2, 0.25) is 5.91 Å². The van der Waals surface area contributed by atoms with Crippen LogP contribution in [-0.2, 0) is 11.2 Å². The first-order chi connectivity index (χ1) is 10.1. The topological polar surface area (TPSA) is 55.1 Å². The predicted molar refractivity (Wildman–Crippen MR) is 90.5 cm³/mol. The molecule has 0 aliphatic heterocycles. The van der Waals surface area contributed by atoms with Gasteiger partial charge in [-0.2, -0.15) is 0 Å². The van der Waals surface area contributed by atoms with E-state index in [4.69, 9.17) is 5.73 Å². The van der Waals surface area contributed by atoms with Gasteiger partial charge in [-0.3, -0.25) is 4.79 Å². The van der Waals surface area contributed by atoms with Gasteiger partial charge in [-0.25, -0.2) is 4.39 Å². The monoisotopic (exact) mass is 398 g/mol. The van der Waals surface area contributed by atoms with Crippen molar-refractivity contribution in [3.8, 4) is 0 Å². The third kappa shape index (κ3) is 4.78. The molecule has 0 aliphatic carbocycles. The van der Waals surface area contributed by atoms with E-state index in [1.165, 1.54) is 12.1 Å². The van der Waals surface area contributed by atoms with Crippen molar-refractivity contribution in [2.24, 2.45) is 5.73 Å². The third-order valence-corrected chi connectivity index (χ3v) is 4.01. The van der Waals surface area contributed by atoms with Crippen molar-refractivity contribution in [3.05, 3.63) is 63.5 Å². The van der Waals surface area contributed by atoms with Crippen molar-refractivity contribution in [1.82, 2.24) is 0 Å². The van der Waals surface area contributed by atoms with Crippen LogP contribution in [0.1, 0.15) is 12.0 Å². The van der Waals surface area contributed by atoms with Crippen LogP contribution in [0.25, 0.3) is 0 Å². The van der Waals surface area contributed by atoms with Crippen LogP contribution in [0.2, 0.25) is 0 Å². The molecule has 0 saturated heterocycles. The molecule has 0 aliphatic rings. The average Bonchev–Trinajstić information content (AvgIpc) is 2.48. The molecule has 0 fully saturated rings. The quantitative estimate of drug-likeness (QED) is 0.760. The normalized spacial score (nSPS) is 12.0. The molecular weight excluding hydrogens is 382 g/mol. The van der Waals surface area contributed by atoms with Gasteiger partial charge in [0.25, 0.3) is 0 Å². The van der Waals surface area contributed by atoms with E-state index in [1.807, 2.05) is 52.9 Å². The van der Waals surface area contributed by atoms with Gasteiger partial charge in [0.15, 0.2) is 0 Å². The van der Waals surface area contributed by atoms with Gasteiger partial charge in [-0.15, -0.1) is 0 Å². The molecule has 1 unspecified atom stereocenters. The van der Waals surface area contributed by atoms with E-state index < -0.39 is 6.04 Å². The largest absolute Gasteiger partial charge is 0.324 e. The lowest BCUT2D eigenvalue weighted by molar-refractivity contribution is -0.117. The smallest absolute Gasteiger partial charge is 0.241 e. The van der Waals surface area contributed by atoms with E-state index in [2.05, 4.69) is 5.32 Å². The molecule has 5 heteroatoms. The lowest BCUT2D eigenvalue weighted by atomic mass is 10.1. The molecule has 3 nitrogen and oxygen atoms in total. The number of anilines is 1. The Balaban J connectivity index is 1.90. The molecule has 3 N–H and O–H groups in total. The lowest BCUT2D eigenvalue weighted by Crippen LogP contribution is -2.36. The SMILES string of the molecule is NC(CCc1ccccc1)C(=O)Nc1ccc(F)cc1I. The fourth-order valence-electron chi connectivity index (χ4n) is 1.91. The second kappa shape index (κ2) is 7.51. The molecule has 110 valence electrons. The van der Waals surface area contributed by atoms with E-state index in [-0.39, 0.29) is 11.7 Å². The summed E-state index contributed by atoms with van der Waals surface area (Å²) in [6, 6.07) is 13.5. The molecule has 0 saturated carbocycles. The minimum absolute atomic E-state index is 0.254. The van der Waals surface area contributed by atoms with Crippen LogP contribution in [0.15, 0.2) is 48.5 Å². The minimum atomic E-state index is -0.592. The van der Waals surface area contributed by atoms with Crippen LogP contribution >= 0.6 is 22.6 Å². The Morgan fingerprint density at radius 1 is 1.24 bits per heavy atom. The summed E-state index contributed by atoms with van der Waals surface area (Å²) in [6.45, 7) is 0. The zero-order chi connectivity index (χ0) is 15.2. The highest BCUT2D eigenvalue weighted by atomic mass is 127. The molecule has 2 aromatic rings. The Labute approximate surface area is 136 Å². The zero-order valence-corrected chi connectivity index (χ0v) is 13.5. The first-order valence-corrected chi connectivity index (χ1v) is 7.69. The molecule has 1 atom stereocenters. The fourth-order valence-corrected chi connectivity index (χ4v) is 2.53. The second-order valence-corrected chi connectivity index (χ2v) is 5.91. The van der Waals surface area contributed by atoms with E-state index in [1.54, 1.807) is 6.07 Å². The summed E-state index contributed by atoms with van der Waals surface area (Å²) in [7, 11) is 0. The number of benzene rings is 2. The van der Waals surface area contributed by atoms with Gasteiger partial charge >= 0.3 is 0 Å². The Morgan fingerprint density at radius 2 is 1.95 bits per heavy atom. The average molecular weight is 398 g/mol. The first kappa shape index (κ1) is 15.9. The molecule has 0 bridgehead atoms. The maximum atomic E-state index is 13.0. The van der Waals surface area contributed by atoms with Crippen molar-refractivity contribution in [1.29, 1.82) is 0 Å². The molecule has 2 rings (SSSR count). The predicted octanol–water partition coefficient (Wildman–Crippen LogP) is 3.33. The number of hydrogen-bond acceptors (Lipinski definition) is 2. The number of halogens is 2. The van der Waals surface area contributed by atoms with Crippen LogP contribution in [0.5, 0.6) is 0 Å². The highest BCUT2D eigenvalue weighted by molar-refractivity contribution is 14.1. The highest BCUT2D eigenvalue weighted by Gasteiger charge is 2.14. The molecule has 2 aromatic carbocycles. The summed E-state index contributed by atoms with van der Waals surface area (Å²) in [5.74, 6) is -0.582.